The zero-order valence-corrected chi connectivity index (χ0v) is 34.4. The normalized spacial score (nSPS) is 11.9. The molecule has 0 bridgehead atoms. The fourth-order valence-corrected chi connectivity index (χ4v) is 14.8. The molecular weight excluding hydrogens is 755 g/mol. The second-order valence-corrected chi connectivity index (χ2v) is 19.8. The molecule has 0 spiro atoms. The maximum absolute atomic E-state index is 6.61. The van der Waals surface area contributed by atoms with Crippen molar-refractivity contribution in [2.45, 2.75) is 0 Å². The highest BCUT2D eigenvalue weighted by Gasteiger charge is 2.42. The number of hydrogen-bond donors (Lipinski definition) is 0. The minimum absolute atomic E-state index is 0.882. The van der Waals surface area contributed by atoms with Gasteiger partial charge in [-0.2, -0.15) is 0 Å². The van der Waals surface area contributed by atoms with Gasteiger partial charge in [-0.3, -0.25) is 0 Å². The predicted octanol–water partition coefficient (Wildman–Crippen LogP) is 12.5. The van der Waals surface area contributed by atoms with E-state index in [1.165, 1.54) is 53.4 Å². The Morgan fingerprint density at radius 3 is 1.51 bits per heavy atom. The van der Waals surface area contributed by atoms with Gasteiger partial charge >= 0.3 is 0 Å². The van der Waals surface area contributed by atoms with Crippen molar-refractivity contribution in [3.05, 3.63) is 237 Å². The molecule has 10 aromatic carbocycles. The van der Waals surface area contributed by atoms with Gasteiger partial charge in [-0.25, -0.2) is 0 Å². The average Bonchev–Trinajstić information content (AvgIpc) is 3.86. The lowest BCUT2D eigenvalue weighted by Crippen LogP contribution is -2.74. The Bertz CT molecular complexity index is 3470. The van der Waals surface area contributed by atoms with Gasteiger partial charge < -0.3 is 8.98 Å². The van der Waals surface area contributed by atoms with Crippen molar-refractivity contribution >= 4 is 83.3 Å². The van der Waals surface area contributed by atoms with Gasteiger partial charge in [-0.1, -0.05) is 212 Å². The van der Waals surface area contributed by atoms with E-state index in [9.17, 15) is 0 Å². The predicted molar refractivity (Wildman–Crippen MR) is 260 cm³/mol. The monoisotopic (exact) mass is 793 g/mol. The fourth-order valence-electron chi connectivity index (χ4n) is 9.99. The van der Waals surface area contributed by atoms with Gasteiger partial charge in [0.05, 0.1) is 16.7 Å². The summed E-state index contributed by atoms with van der Waals surface area (Å²) in [4.78, 5) is 0. The van der Waals surface area contributed by atoms with Crippen LogP contribution in [-0.2, 0) is 0 Å². The highest BCUT2D eigenvalue weighted by atomic mass is 28.3. The lowest BCUT2D eigenvalue weighted by atomic mass is 9.95. The summed E-state index contributed by atoms with van der Waals surface area (Å²) in [5, 5.41) is 12.5. The van der Waals surface area contributed by atoms with Gasteiger partial charge in [0.15, 0.2) is 8.07 Å². The average molecular weight is 794 g/mol. The molecule has 0 atom stereocenters. The number of rotatable bonds is 7. The van der Waals surface area contributed by atoms with Crippen LogP contribution in [0.1, 0.15) is 0 Å². The van der Waals surface area contributed by atoms with E-state index in [-0.39, 0.29) is 0 Å². The topological polar surface area (TPSA) is 18.1 Å². The number of hydrogen-bond acceptors (Lipinski definition) is 1. The summed E-state index contributed by atoms with van der Waals surface area (Å²) in [7, 11) is -3.04. The van der Waals surface area contributed by atoms with E-state index >= 15 is 0 Å². The number of furan rings is 1. The van der Waals surface area contributed by atoms with E-state index < -0.39 is 8.07 Å². The molecule has 0 amide bonds. The molecular formula is C58H39NOSi. The van der Waals surface area contributed by atoms with Gasteiger partial charge in [-0.05, 0) is 60.8 Å². The van der Waals surface area contributed by atoms with Crippen molar-refractivity contribution in [3.8, 4) is 27.9 Å². The summed E-state index contributed by atoms with van der Waals surface area (Å²) >= 11 is 0. The van der Waals surface area contributed by atoms with Gasteiger partial charge in [0.25, 0.3) is 0 Å². The van der Waals surface area contributed by atoms with Crippen LogP contribution >= 0.6 is 0 Å². The molecule has 0 saturated heterocycles. The Kier molecular flexibility index (Phi) is 8.22. The fraction of sp³-hybridized carbons (Fsp3) is 0. The molecule has 0 N–H and O–H groups in total. The quantitative estimate of drug-likeness (QED) is 0.116. The van der Waals surface area contributed by atoms with E-state index in [2.05, 4.69) is 235 Å². The largest absolute Gasteiger partial charge is 0.456 e. The second-order valence-electron chi connectivity index (χ2n) is 16.0. The van der Waals surface area contributed by atoms with Crippen LogP contribution in [0, 0.1) is 0 Å². The SMILES string of the molecule is c1ccc(-c2cc([Si](c3ccccc3)(c3ccccc3)c3ccc4ccccc4c3)cc(-c3ccccc3)c2-n2c3ccccc3c3cc4c(cc32)oc2ccccc24)cc1. The number of nitrogens with zero attached hydrogens (tertiary/aromatic N) is 1. The number of para-hydroxylation sites is 2. The van der Waals surface area contributed by atoms with Crippen molar-refractivity contribution < 1.29 is 4.42 Å². The van der Waals surface area contributed by atoms with Crippen LogP contribution in [0.25, 0.3) is 82.5 Å². The van der Waals surface area contributed by atoms with Crippen molar-refractivity contribution in [1.82, 2.24) is 4.57 Å². The number of benzene rings is 10. The number of fused-ring (bicyclic) bond motifs is 7. The van der Waals surface area contributed by atoms with E-state index in [4.69, 9.17) is 4.42 Å². The highest BCUT2D eigenvalue weighted by Crippen LogP contribution is 2.43. The lowest BCUT2D eigenvalue weighted by Gasteiger charge is -2.36. The molecule has 3 heteroatoms. The molecule has 0 aliphatic heterocycles. The zero-order valence-electron chi connectivity index (χ0n) is 33.4. The Morgan fingerprint density at radius 1 is 0.311 bits per heavy atom. The van der Waals surface area contributed by atoms with Crippen molar-refractivity contribution in [3.63, 3.8) is 0 Å². The summed E-state index contributed by atoms with van der Waals surface area (Å²) < 4.78 is 9.12. The molecule has 2 aromatic heterocycles. The summed E-state index contributed by atoms with van der Waals surface area (Å²) in [6, 6.07) is 87.4. The zero-order chi connectivity index (χ0) is 40.3. The van der Waals surface area contributed by atoms with Crippen molar-refractivity contribution in [1.29, 1.82) is 0 Å². The molecule has 0 aliphatic rings. The van der Waals surface area contributed by atoms with Gasteiger partial charge in [0, 0.05) is 38.7 Å². The Labute approximate surface area is 355 Å². The first-order chi connectivity index (χ1) is 30.3. The molecule has 0 aliphatic carbocycles. The highest BCUT2D eigenvalue weighted by molar-refractivity contribution is 7.20. The van der Waals surface area contributed by atoms with Gasteiger partial charge in [0.2, 0.25) is 0 Å². The molecule has 61 heavy (non-hydrogen) atoms. The first-order valence-corrected chi connectivity index (χ1v) is 23.0. The Balaban J connectivity index is 1.27. The van der Waals surface area contributed by atoms with E-state index in [0.717, 1.165) is 49.8 Å². The summed E-state index contributed by atoms with van der Waals surface area (Å²) in [6.45, 7) is 0. The molecule has 286 valence electrons. The minimum atomic E-state index is -3.04. The van der Waals surface area contributed by atoms with Crippen LogP contribution in [0.2, 0.25) is 0 Å². The standard InChI is InChI=1S/C58H39NOSi/c1-5-20-41(21-6-1)50-36-47(61(44-25-9-3-10-26-44,45-27-11-4-12-28-45)46-34-33-40-19-13-14-24-43(40)35-46)37-51(42-22-7-2-8-23-42)58(50)59-54-31-17-15-29-48(54)52-38-53-49-30-16-18-32-56(49)60-57(53)39-55(52)59/h1-39H. The van der Waals surface area contributed by atoms with Gasteiger partial charge in [0.1, 0.15) is 11.2 Å². The molecule has 12 aromatic rings. The molecule has 0 fully saturated rings. The van der Waals surface area contributed by atoms with Crippen molar-refractivity contribution in [2.24, 2.45) is 0 Å². The summed E-state index contributed by atoms with van der Waals surface area (Å²) in [5.74, 6) is 0. The third-order valence-electron chi connectivity index (χ3n) is 12.7. The van der Waals surface area contributed by atoms with Gasteiger partial charge in [-0.15, -0.1) is 0 Å². The summed E-state index contributed by atoms with van der Waals surface area (Å²) in [6.07, 6.45) is 0. The molecule has 0 unspecified atom stereocenters. The van der Waals surface area contributed by atoms with Crippen molar-refractivity contribution in [2.75, 3.05) is 0 Å². The van der Waals surface area contributed by atoms with E-state index in [1.54, 1.807) is 0 Å². The Morgan fingerprint density at radius 2 is 0.852 bits per heavy atom. The Hall–Kier alpha value is -7.72. The van der Waals surface area contributed by atoms with Crippen LogP contribution in [0.4, 0.5) is 0 Å². The first-order valence-electron chi connectivity index (χ1n) is 21.0. The van der Waals surface area contributed by atoms with Crippen LogP contribution in [0.5, 0.6) is 0 Å². The third-order valence-corrected chi connectivity index (χ3v) is 17.4. The van der Waals surface area contributed by atoms with Crippen LogP contribution in [0.3, 0.4) is 0 Å². The first kappa shape index (κ1) is 35.2. The molecule has 2 heterocycles. The third kappa shape index (κ3) is 5.55. The van der Waals surface area contributed by atoms with Crippen LogP contribution < -0.4 is 20.7 Å². The van der Waals surface area contributed by atoms with E-state index in [0.29, 0.717) is 0 Å². The maximum Gasteiger partial charge on any atom is 0.179 e. The second kappa shape index (κ2) is 14.2. The van der Waals surface area contributed by atoms with Crippen LogP contribution in [0.15, 0.2) is 241 Å². The van der Waals surface area contributed by atoms with E-state index in [1.807, 2.05) is 6.07 Å². The number of aromatic nitrogens is 1. The molecule has 2 nitrogen and oxygen atoms in total. The summed E-state index contributed by atoms with van der Waals surface area (Å²) in [5.41, 5.74) is 9.86. The molecule has 12 rings (SSSR count). The smallest absolute Gasteiger partial charge is 0.179 e. The maximum atomic E-state index is 6.61. The van der Waals surface area contributed by atoms with Crippen LogP contribution in [-0.4, -0.2) is 12.6 Å². The molecule has 0 saturated carbocycles. The molecule has 0 radical (unpaired) electrons. The minimum Gasteiger partial charge on any atom is -0.456 e. The lowest BCUT2D eigenvalue weighted by molar-refractivity contribution is 0.669.